The van der Waals surface area contributed by atoms with E-state index in [4.69, 9.17) is 9.47 Å². The number of aryl methyl sites for hydroxylation is 1. The molecule has 1 rings (SSSR count). The predicted octanol–water partition coefficient (Wildman–Crippen LogP) is 1.58. The minimum atomic E-state index is -0.279. The highest BCUT2D eigenvalue weighted by Gasteiger charge is 2.05. The lowest BCUT2D eigenvalue weighted by Crippen LogP contribution is -2.24. The van der Waals surface area contributed by atoms with Crippen molar-refractivity contribution in [2.45, 2.75) is 13.2 Å². The van der Waals surface area contributed by atoms with E-state index in [2.05, 4.69) is 31.2 Å². The Labute approximate surface area is 97.3 Å². The topological polar surface area (TPSA) is 56.3 Å². The Morgan fingerprint density at radius 1 is 1.40 bits per heavy atom. The fourth-order valence-corrected chi connectivity index (χ4v) is 1.55. The Morgan fingerprint density at radius 2 is 2.07 bits per heavy atom. The first-order valence-electron chi connectivity index (χ1n) is 4.46. The number of hydrogen-bond acceptors (Lipinski definition) is 5. The van der Waals surface area contributed by atoms with Gasteiger partial charge in [0.1, 0.15) is 16.2 Å². The van der Waals surface area contributed by atoms with E-state index in [9.17, 15) is 0 Å². The SMILES string of the molecule is COC(CNc1cc(Br)nc(C)n1)OC. The number of methoxy groups -OCH3 is 2. The molecule has 1 aromatic heterocycles. The Balaban J connectivity index is 2.57. The van der Waals surface area contributed by atoms with Gasteiger partial charge in [-0.1, -0.05) is 0 Å². The van der Waals surface area contributed by atoms with Crippen molar-refractivity contribution in [2.75, 3.05) is 26.1 Å². The summed E-state index contributed by atoms with van der Waals surface area (Å²) in [5.74, 6) is 1.45. The molecule has 0 saturated carbocycles. The monoisotopic (exact) mass is 275 g/mol. The lowest BCUT2D eigenvalue weighted by molar-refractivity contribution is -0.0914. The van der Waals surface area contributed by atoms with Crippen LogP contribution in [-0.2, 0) is 9.47 Å². The third kappa shape index (κ3) is 4.11. The molecule has 0 unspecified atom stereocenters. The van der Waals surface area contributed by atoms with E-state index >= 15 is 0 Å². The van der Waals surface area contributed by atoms with Crippen LogP contribution in [-0.4, -0.2) is 37.0 Å². The summed E-state index contributed by atoms with van der Waals surface area (Å²) in [4.78, 5) is 8.32. The largest absolute Gasteiger partial charge is 0.365 e. The van der Waals surface area contributed by atoms with Crippen LogP contribution in [0.5, 0.6) is 0 Å². The van der Waals surface area contributed by atoms with E-state index in [1.165, 1.54) is 0 Å². The van der Waals surface area contributed by atoms with E-state index in [0.29, 0.717) is 12.4 Å². The molecule has 0 amide bonds. The molecule has 0 bridgehead atoms. The van der Waals surface area contributed by atoms with Crippen molar-refractivity contribution in [3.63, 3.8) is 0 Å². The molecule has 0 saturated heterocycles. The summed E-state index contributed by atoms with van der Waals surface area (Å²) in [5, 5.41) is 3.10. The molecule has 0 spiro atoms. The van der Waals surface area contributed by atoms with Crippen LogP contribution in [0.15, 0.2) is 10.7 Å². The molecule has 0 aliphatic rings. The number of anilines is 1. The van der Waals surface area contributed by atoms with Crippen LogP contribution in [0.2, 0.25) is 0 Å². The van der Waals surface area contributed by atoms with Crippen LogP contribution in [0.3, 0.4) is 0 Å². The highest BCUT2D eigenvalue weighted by atomic mass is 79.9. The summed E-state index contributed by atoms with van der Waals surface area (Å²) in [7, 11) is 3.19. The standard InChI is InChI=1S/C9H14BrN3O2/c1-6-12-7(10)4-8(13-6)11-5-9(14-2)15-3/h4,9H,5H2,1-3H3,(H,11,12,13). The molecule has 0 aromatic carbocycles. The third-order valence-corrected chi connectivity index (χ3v) is 2.19. The molecule has 5 nitrogen and oxygen atoms in total. The Hall–Kier alpha value is -0.720. The maximum absolute atomic E-state index is 5.04. The average Bonchev–Trinajstić information content (AvgIpc) is 2.18. The summed E-state index contributed by atoms with van der Waals surface area (Å²) < 4.78 is 10.8. The molecular weight excluding hydrogens is 262 g/mol. The summed E-state index contributed by atoms with van der Waals surface area (Å²) in [6.45, 7) is 2.37. The molecule has 0 fully saturated rings. The third-order valence-electron chi connectivity index (χ3n) is 1.78. The number of nitrogens with one attached hydrogen (secondary N) is 1. The van der Waals surface area contributed by atoms with Crippen LogP contribution in [0.4, 0.5) is 5.82 Å². The van der Waals surface area contributed by atoms with Gasteiger partial charge in [0.25, 0.3) is 0 Å². The molecule has 15 heavy (non-hydrogen) atoms. The van der Waals surface area contributed by atoms with Crippen LogP contribution in [0.25, 0.3) is 0 Å². The summed E-state index contributed by atoms with van der Waals surface area (Å²) in [6.07, 6.45) is -0.279. The molecule has 0 aliphatic heterocycles. The molecule has 0 radical (unpaired) electrons. The second-order valence-electron chi connectivity index (χ2n) is 2.90. The molecule has 6 heteroatoms. The second kappa shape index (κ2) is 5.99. The maximum Gasteiger partial charge on any atom is 0.173 e. The zero-order valence-electron chi connectivity index (χ0n) is 8.95. The first-order valence-corrected chi connectivity index (χ1v) is 5.25. The van der Waals surface area contributed by atoms with Gasteiger partial charge >= 0.3 is 0 Å². The summed E-state index contributed by atoms with van der Waals surface area (Å²) in [5.41, 5.74) is 0. The van der Waals surface area contributed by atoms with Crippen molar-refractivity contribution in [3.8, 4) is 0 Å². The maximum atomic E-state index is 5.04. The fourth-order valence-electron chi connectivity index (χ4n) is 1.07. The van der Waals surface area contributed by atoms with Crippen LogP contribution in [0.1, 0.15) is 5.82 Å². The fraction of sp³-hybridized carbons (Fsp3) is 0.556. The Morgan fingerprint density at radius 3 is 2.60 bits per heavy atom. The van der Waals surface area contributed by atoms with E-state index < -0.39 is 0 Å². The first kappa shape index (κ1) is 12.4. The van der Waals surface area contributed by atoms with Crippen molar-refractivity contribution >= 4 is 21.7 Å². The number of nitrogens with zero attached hydrogens (tertiary/aromatic N) is 2. The van der Waals surface area contributed by atoms with Crippen LogP contribution < -0.4 is 5.32 Å². The van der Waals surface area contributed by atoms with Gasteiger partial charge in [0.05, 0.1) is 6.54 Å². The predicted molar refractivity (Wildman–Crippen MR) is 60.8 cm³/mol. The minimum absolute atomic E-state index is 0.279. The number of hydrogen-bond donors (Lipinski definition) is 1. The van der Waals surface area contributed by atoms with Crippen molar-refractivity contribution in [3.05, 3.63) is 16.5 Å². The quantitative estimate of drug-likeness (QED) is 0.653. The highest BCUT2D eigenvalue weighted by Crippen LogP contribution is 2.11. The molecule has 84 valence electrons. The Bertz CT molecular complexity index is 298. The normalized spacial score (nSPS) is 10.7. The zero-order valence-corrected chi connectivity index (χ0v) is 10.5. The van der Waals surface area contributed by atoms with E-state index in [1.54, 1.807) is 20.3 Å². The van der Waals surface area contributed by atoms with Crippen molar-refractivity contribution in [1.82, 2.24) is 9.97 Å². The van der Waals surface area contributed by atoms with Gasteiger partial charge in [-0.25, -0.2) is 9.97 Å². The van der Waals surface area contributed by atoms with Crippen molar-refractivity contribution in [1.29, 1.82) is 0 Å². The first-order chi connectivity index (χ1) is 7.15. The minimum Gasteiger partial charge on any atom is -0.365 e. The molecule has 0 atom stereocenters. The van der Waals surface area contributed by atoms with Gasteiger partial charge < -0.3 is 14.8 Å². The van der Waals surface area contributed by atoms with Gasteiger partial charge in [0.2, 0.25) is 0 Å². The van der Waals surface area contributed by atoms with Gasteiger partial charge in [-0.3, -0.25) is 0 Å². The molecule has 1 heterocycles. The van der Waals surface area contributed by atoms with Gasteiger partial charge in [-0.2, -0.15) is 0 Å². The van der Waals surface area contributed by atoms with Crippen molar-refractivity contribution in [2.24, 2.45) is 0 Å². The highest BCUT2D eigenvalue weighted by molar-refractivity contribution is 9.10. The van der Waals surface area contributed by atoms with Gasteiger partial charge in [-0.05, 0) is 22.9 Å². The van der Waals surface area contributed by atoms with Gasteiger partial charge in [-0.15, -0.1) is 0 Å². The molecule has 1 N–H and O–H groups in total. The Kier molecular flexibility index (Phi) is 4.93. The summed E-state index contributed by atoms with van der Waals surface area (Å²) in [6, 6.07) is 1.80. The number of aromatic nitrogens is 2. The lowest BCUT2D eigenvalue weighted by atomic mass is 10.5. The molecule has 1 aromatic rings. The average molecular weight is 276 g/mol. The van der Waals surface area contributed by atoms with Crippen molar-refractivity contribution < 1.29 is 9.47 Å². The zero-order chi connectivity index (χ0) is 11.3. The molecular formula is C9H14BrN3O2. The van der Waals surface area contributed by atoms with Gasteiger partial charge in [0.15, 0.2) is 6.29 Å². The number of ether oxygens (including phenoxy) is 2. The summed E-state index contributed by atoms with van der Waals surface area (Å²) >= 11 is 3.30. The number of halogens is 1. The van der Waals surface area contributed by atoms with Gasteiger partial charge in [0, 0.05) is 20.3 Å². The smallest absolute Gasteiger partial charge is 0.173 e. The van der Waals surface area contributed by atoms with Crippen LogP contribution >= 0.6 is 15.9 Å². The lowest BCUT2D eigenvalue weighted by Gasteiger charge is -2.14. The second-order valence-corrected chi connectivity index (χ2v) is 3.72. The number of rotatable bonds is 5. The van der Waals surface area contributed by atoms with E-state index in [0.717, 1.165) is 10.4 Å². The van der Waals surface area contributed by atoms with Crippen LogP contribution in [0, 0.1) is 6.92 Å². The van der Waals surface area contributed by atoms with E-state index in [-0.39, 0.29) is 6.29 Å². The molecule has 0 aliphatic carbocycles. The van der Waals surface area contributed by atoms with E-state index in [1.807, 2.05) is 6.92 Å².